The largest absolute Gasteiger partial charge is 0.0955 e. The first-order valence-corrected chi connectivity index (χ1v) is 6.38. The lowest BCUT2D eigenvalue weighted by Gasteiger charge is -2.51. The number of allylic oxidation sites excluding steroid dienone is 3. The molecule has 0 heteroatoms. The summed E-state index contributed by atoms with van der Waals surface area (Å²) in [6.45, 7) is 11.7. The maximum atomic E-state index is 4.27. The van der Waals surface area contributed by atoms with Crippen molar-refractivity contribution in [3.8, 4) is 0 Å². The molecule has 0 nitrogen and oxygen atoms in total. The van der Waals surface area contributed by atoms with Crippen LogP contribution in [0.2, 0.25) is 0 Å². The fourth-order valence-electron chi connectivity index (χ4n) is 5.04. The van der Waals surface area contributed by atoms with Gasteiger partial charge in [-0.05, 0) is 42.4 Å². The third-order valence-corrected chi connectivity index (χ3v) is 6.02. The highest BCUT2D eigenvalue weighted by molar-refractivity contribution is 5.38. The van der Waals surface area contributed by atoms with Gasteiger partial charge in [-0.1, -0.05) is 45.1 Å². The van der Waals surface area contributed by atoms with Crippen LogP contribution in [0.5, 0.6) is 0 Å². The van der Waals surface area contributed by atoms with Crippen molar-refractivity contribution in [1.29, 1.82) is 0 Å². The van der Waals surface area contributed by atoms with E-state index in [1.807, 2.05) is 0 Å². The summed E-state index contributed by atoms with van der Waals surface area (Å²) in [7, 11) is 0. The lowest BCUT2D eigenvalue weighted by atomic mass is 9.53. The third-order valence-electron chi connectivity index (χ3n) is 6.02. The lowest BCUT2D eigenvalue weighted by molar-refractivity contribution is 0.00442. The molecule has 3 aliphatic carbocycles. The van der Waals surface area contributed by atoms with E-state index >= 15 is 0 Å². The van der Waals surface area contributed by atoms with E-state index in [0.29, 0.717) is 10.8 Å². The minimum absolute atomic E-state index is 0.451. The summed E-state index contributed by atoms with van der Waals surface area (Å²) in [5, 5.41) is 0. The number of hydrogen-bond donors (Lipinski definition) is 0. The molecule has 4 atom stereocenters. The van der Waals surface area contributed by atoms with Crippen LogP contribution in [0.3, 0.4) is 0 Å². The zero-order chi connectivity index (χ0) is 10.8. The number of fused-ring (bicyclic) bond motifs is 1. The van der Waals surface area contributed by atoms with Gasteiger partial charge in [-0.3, -0.25) is 0 Å². The predicted molar refractivity (Wildman–Crippen MR) is 64.5 cm³/mol. The fraction of sp³-hybridized carbons (Fsp3) is 0.733. The Morgan fingerprint density at radius 2 is 2.07 bits per heavy atom. The van der Waals surface area contributed by atoms with Crippen molar-refractivity contribution < 1.29 is 0 Å². The molecule has 0 amide bonds. The normalized spacial score (nSPS) is 50.9. The van der Waals surface area contributed by atoms with E-state index in [0.717, 1.165) is 17.8 Å². The molecule has 0 aromatic heterocycles. The Hall–Kier alpha value is -0.520. The number of hydrogen-bond acceptors (Lipinski definition) is 0. The molecule has 15 heavy (non-hydrogen) atoms. The molecule has 2 saturated carbocycles. The van der Waals surface area contributed by atoms with Crippen molar-refractivity contribution in [2.24, 2.45) is 28.6 Å². The van der Waals surface area contributed by atoms with Gasteiger partial charge in [-0.2, -0.15) is 0 Å². The second-order valence-corrected chi connectivity index (χ2v) is 6.53. The average molecular weight is 202 g/mol. The topological polar surface area (TPSA) is 0 Å². The highest BCUT2D eigenvalue weighted by Crippen LogP contribution is 2.71. The van der Waals surface area contributed by atoms with Crippen molar-refractivity contribution in [2.75, 3.05) is 0 Å². The molecule has 0 aromatic carbocycles. The predicted octanol–water partition coefficient (Wildman–Crippen LogP) is 4.19. The van der Waals surface area contributed by atoms with E-state index in [9.17, 15) is 0 Å². The van der Waals surface area contributed by atoms with Gasteiger partial charge in [0, 0.05) is 5.41 Å². The quantitative estimate of drug-likeness (QED) is 0.552. The second-order valence-electron chi connectivity index (χ2n) is 6.53. The van der Waals surface area contributed by atoms with Crippen LogP contribution in [-0.2, 0) is 0 Å². The molecule has 3 rings (SSSR count). The van der Waals surface area contributed by atoms with Crippen molar-refractivity contribution in [3.05, 3.63) is 24.3 Å². The molecule has 0 aliphatic heterocycles. The highest BCUT2D eigenvalue weighted by atomic mass is 14.7. The summed E-state index contributed by atoms with van der Waals surface area (Å²) < 4.78 is 0. The summed E-state index contributed by atoms with van der Waals surface area (Å²) in [5.74, 6) is 2.53. The molecule has 0 N–H and O–H groups in total. The monoisotopic (exact) mass is 202 g/mol. The summed E-state index contributed by atoms with van der Waals surface area (Å²) in [6, 6.07) is 0. The molecule has 3 aliphatic rings. The Bertz CT molecular complexity index is 347. The van der Waals surface area contributed by atoms with Crippen LogP contribution in [0.1, 0.15) is 40.0 Å². The van der Waals surface area contributed by atoms with E-state index < -0.39 is 0 Å². The van der Waals surface area contributed by atoms with Gasteiger partial charge < -0.3 is 0 Å². The second kappa shape index (κ2) is 2.59. The van der Waals surface area contributed by atoms with Gasteiger partial charge in [0.05, 0.1) is 0 Å². The van der Waals surface area contributed by atoms with Crippen LogP contribution in [-0.4, -0.2) is 0 Å². The Morgan fingerprint density at radius 3 is 2.80 bits per heavy atom. The van der Waals surface area contributed by atoms with Crippen molar-refractivity contribution in [1.82, 2.24) is 0 Å². The minimum Gasteiger partial charge on any atom is -0.0955 e. The molecule has 0 heterocycles. The van der Waals surface area contributed by atoms with Crippen molar-refractivity contribution in [3.63, 3.8) is 0 Å². The van der Waals surface area contributed by atoms with Gasteiger partial charge in [0.1, 0.15) is 0 Å². The van der Waals surface area contributed by atoms with E-state index in [4.69, 9.17) is 0 Å². The van der Waals surface area contributed by atoms with Gasteiger partial charge in [-0.25, -0.2) is 0 Å². The molecular formula is C15H22. The maximum Gasteiger partial charge on any atom is 0.00328 e. The first-order chi connectivity index (χ1) is 7.00. The fourth-order valence-corrected chi connectivity index (χ4v) is 5.04. The summed E-state index contributed by atoms with van der Waals surface area (Å²) >= 11 is 0. The van der Waals surface area contributed by atoms with Crippen LogP contribution in [0.25, 0.3) is 0 Å². The molecule has 82 valence electrons. The first-order valence-electron chi connectivity index (χ1n) is 6.38. The van der Waals surface area contributed by atoms with E-state index in [1.54, 1.807) is 0 Å². The van der Waals surface area contributed by atoms with Crippen LogP contribution < -0.4 is 0 Å². The average Bonchev–Trinajstić information content (AvgIpc) is 2.53. The van der Waals surface area contributed by atoms with Crippen LogP contribution in [0, 0.1) is 28.6 Å². The molecule has 0 saturated heterocycles. The number of rotatable bonds is 0. The maximum absolute atomic E-state index is 4.27. The van der Waals surface area contributed by atoms with Crippen LogP contribution in [0.4, 0.5) is 0 Å². The highest BCUT2D eigenvalue weighted by Gasteiger charge is 2.64. The molecule has 0 unspecified atom stereocenters. The van der Waals surface area contributed by atoms with Gasteiger partial charge in [0.2, 0.25) is 0 Å². The molecule has 1 spiro atoms. The van der Waals surface area contributed by atoms with Gasteiger partial charge in [0.15, 0.2) is 0 Å². The van der Waals surface area contributed by atoms with Crippen LogP contribution >= 0.6 is 0 Å². The zero-order valence-electron chi connectivity index (χ0n) is 10.2. The van der Waals surface area contributed by atoms with Gasteiger partial charge >= 0.3 is 0 Å². The van der Waals surface area contributed by atoms with E-state index in [2.05, 4.69) is 39.5 Å². The Kier molecular flexibility index (Phi) is 1.67. The van der Waals surface area contributed by atoms with E-state index in [-0.39, 0.29) is 0 Å². The van der Waals surface area contributed by atoms with Gasteiger partial charge in [-0.15, -0.1) is 0 Å². The molecule has 0 aromatic rings. The standard InChI is InChI=1S/C15H22/c1-10-7-8-15-11(2)5-6-12(9-13(10)15)14(15,3)4/h7-8,11-13H,1,5-6,9H2,2-4H3/t11-,12-,13+,15+/m1/s1. The third kappa shape index (κ3) is 0.859. The van der Waals surface area contributed by atoms with Crippen LogP contribution in [0.15, 0.2) is 24.3 Å². The minimum atomic E-state index is 0.451. The molecule has 2 bridgehead atoms. The van der Waals surface area contributed by atoms with Crippen molar-refractivity contribution in [2.45, 2.75) is 40.0 Å². The Labute approximate surface area is 93.5 Å². The SMILES string of the molecule is C=C1C=C[C@]23[C@H](C)CC[C@H](C[C@@H]12)C3(C)C. The Morgan fingerprint density at radius 1 is 1.33 bits per heavy atom. The molecule has 2 fully saturated rings. The first kappa shape index (κ1) is 9.69. The Balaban J connectivity index is 2.18. The summed E-state index contributed by atoms with van der Waals surface area (Å²) in [6.07, 6.45) is 9.08. The summed E-state index contributed by atoms with van der Waals surface area (Å²) in [4.78, 5) is 0. The van der Waals surface area contributed by atoms with E-state index in [1.165, 1.54) is 24.8 Å². The molecule has 0 radical (unpaired) electrons. The molecular weight excluding hydrogens is 180 g/mol. The summed E-state index contributed by atoms with van der Waals surface area (Å²) in [5.41, 5.74) is 2.34. The van der Waals surface area contributed by atoms with Crippen molar-refractivity contribution >= 4 is 0 Å². The zero-order valence-corrected chi connectivity index (χ0v) is 10.2. The smallest absolute Gasteiger partial charge is 0.00328 e. The van der Waals surface area contributed by atoms with Gasteiger partial charge in [0.25, 0.3) is 0 Å². The lowest BCUT2D eigenvalue weighted by Crippen LogP contribution is -2.45.